The minimum absolute atomic E-state index is 0.108. The van der Waals surface area contributed by atoms with Gasteiger partial charge in [0.05, 0.1) is 6.10 Å². The number of alkyl halides is 11. The van der Waals surface area contributed by atoms with Crippen LogP contribution < -0.4 is 0 Å². The normalized spacial score (nSPS) is 27.7. The molecule has 0 aliphatic heterocycles. The van der Waals surface area contributed by atoms with E-state index in [2.05, 4.69) is 15.9 Å². The number of rotatable bonds is 3. The van der Waals surface area contributed by atoms with E-state index in [0.717, 1.165) is 18.2 Å². The van der Waals surface area contributed by atoms with Gasteiger partial charge in [-0.1, -0.05) is 28.1 Å². The van der Waals surface area contributed by atoms with Crippen LogP contribution >= 0.6 is 15.9 Å². The maximum atomic E-state index is 14.5. The van der Waals surface area contributed by atoms with E-state index in [4.69, 9.17) is 0 Å². The first-order valence-electron chi connectivity index (χ1n) is 6.90. The van der Waals surface area contributed by atoms with Crippen molar-refractivity contribution in [1.82, 2.24) is 0 Å². The Morgan fingerprint density at radius 1 is 0.741 bits per heavy atom. The number of aliphatic hydroxyl groups excluding tert-OH is 1. The molecule has 1 aliphatic carbocycles. The van der Waals surface area contributed by atoms with Gasteiger partial charge in [0, 0.05) is 10.9 Å². The fourth-order valence-corrected chi connectivity index (χ4v) is 3.06. The number of hydrogen-bond donors (Lipinski definition) is 1. The Kier molecular flexibility index (Phi) is 4.88. The molecule has 1 aliphatic rings. The van der Waals surface area contributed by atoms with E-state index >= 15 is 0 Å². The second-order valence-corrected chi connectivity index (χ2v) is 6.86. The minimum atomic E-state index is -7.26. The highest BCUT2D eigenvalue weighted by molar-refractivity contribution is 9.10. The highest BCUT2D eigenvalue weighted by Gasteiger charge is 3.00. The molecule has 0 bridgehead atoms. The molecule has 0 amide bonds. The Morgan fingerprint density at radius 2 is 1.15 bits per heavy atom. The molecule has 1 aromatic carbocycles. The number of aliphatic hydroxyl groups is 1. The zero-order chi connectivity index (χ0) is 21.3. The van der Waals surface area contributed by atoms with Crippen LogP contribution in [0.3, 0.4) is 0 Å². The number of benzene rings is 1. The third-order valence-corrected chi connectivity index (χ3v) is 4.77. The predicted molar refractivity (Wildman–Crippen MR) is 72.3 cm³/mol. The summed E-state index contributed by atoms with van der Waals surface area (Å²) >= 11 is 2.82. The average Bonchev–Trinajstić information content (AvgIpc) is 2.52. The fraction of sp³-hybridized carbons (Fsp3) is 0.571. The van der Waals surface area contributed by atoms with E-state index in [1.807, 2.05) is 0 Å². The number of halogens is 12. The molecule has 1 atom stereocenters. The van der Waals surface area contributed by atoms with Gasteiger partial charge in [-0.2, -0.15) is 43.9 Å². The quantitative estimate of drug-likeness (QED) is 0.544. The SMILES string of the molecule is OC(CC1(F)C(F)(F)C(F)(F)C(F)(F)C(F)(F)C1(F)F)c1cccc(Br)c1. The Bertz CT molecular complexity index is 704. The Hall–Kier alpha value is -1.11. The second-order valence-electron chi connectivity index (χ2n) is 5.95. The third-order valence-electron chi connectivity index (χ3n) is 4.28. The van der Waals surface area contributed by atoms with Crippen molar-refractivity contribution >= 4 is 15.9 Å². The Morgan fingerprint density at radius 3 is 1.56 bits per heavy atom. The van der Waals surface area contributed by atoms with E-state index < -0.39 is 53.4 Å². The lowest BCUT2D eigenvalue weighted by molar-refractivity contribution is -0.487. The third kappa shape index (κ3) is 2.52. The molecule has 27 heavy (non-hydrogen) atoms. The van der Waals surface area contributed by atoms with Gasteiger partial charge in [-0.15, -0.1) is 0 Å². The summed E-state index contributed by atoms with van der Waals surface area (Å²) < 4.78 is 149. The topological polar surface area (TPSA) is 20.2 Å². The molecule has 2 rings (SSSR count). The van der Waals surface area contributed by atoms with Crippen LogP contribution in [0.5, 0.6) is 0 Å². The van der Waals surface area contributed by atoms with Crippen LogP contribution in [0.25, 0.3) is 0 Å². The van der Waals surface area contributed by atoms with E-state index in [1.165, 1.54) is 6.07 Å². The van der Waals surface area contributed by atoms with Crippen LogP contribution in [0.15, 0.2) is 28.7 Å². The molecule has 1 nitrogen and oxygen atoms in total. The van der Waals surface area contributed by atoms with Crippen LogP contribution in [0.2, 0.25) is 0 Å². The highest BCUT2D eigenvalue weighted by atomic mass is 79.9. The van der Waals surface area contributed by atoms with Crippen molar-refractivity contribution in [2.45, 2.75) is 47.8 Å². The first-order chi connectivity index (χ1) is 11.9. The standard InChI is InChI=1S/C14H8BrF11O/c15-7-3-1-2-6(4-7)8(27)5-9(16)10(17,18)12(21,22)14(25,26)13(23,24)11(9,19)20/h1-4,8,27H,5H2. The van der Waals surface area contributed by atoms with E-state index in [-0.39, 0.29) is 4.47 Å². The minimum Gasteiger partial charge on any atom is -0.388 e. The van der Waals surface area contributed by atoms with Crippen molar-refractivity contribution in [2.24, 2.45) is 0 Å². The zero-order valence-electron chi connectivity index (χ0n) is 12.6. The summed E-state index contributed by atoms with van der Waals surface area (Å²) in [6, 6.07) is 4.12. The van der Waals surface area contributed by atoms with Gasteiger partial charge in [0.25, 0.3) is 5.67 Å². The molecule has 0 spiro atoms. The van der Waals surface area contributed by atoms with Gasteiger partial charge in [-0.3, -0.25) is 0 Å². The van der Waals surface area contributed by atoms with Crippen LogP contribution in [0.1, 0.15) is 18.1 Å². The molecular formula is C14H8BrF11O. The number of hydrogen-bond acceptors (Lipinski definition) is 1. The maximum Gasteiger partial charge on any atom is 0.384 e. The summed E-state index contributed by atoms with van der Waals surface area (Å²) in [7, 11) is 0. The summed E-state index contributed by atoms with van der Waals surface area (Å²) in [4.78, 5) is 0. The van der Waals surface area contributed by atoms with Gasteiger partial charge in [0.1, 0.15) is 0 Å². The molecule has 1 fully saturated rings. The van der Waals surface area contributed by atoms with Crippen LogP contribution in [0.4, 0.5) is 48.3 Å². The van der Waals surface area contributed by atoms with Crippen molar-refractivity contribution in [3.8, 4) is 0 Å². The van der Waals surface area contributed by atoms with Crippen LogP contribution in [0, 0.1) is 0 Å². The van der Waals surface area contributed by atoms with Crippen molar-refractivity contribution in [3.05, 3.63) is 34.3 Å². The van der Waals surface area contributed by atoms with Gasteiger partial charge >= 0.3 is 29.6 Å². The molecule has 1 unspecified atom stereocenters. The lowest BCUT2D eigenvalue weighted by Gasteiger charge is -2.52. The second kappa shape index (κ2) is 5.94. The van der Waals surface area contributed by atoms with E-state index in [9.17, 15) is 53.4 Å². The van der Waals surface area contributed by atoms with Gasteiger partial charge < -0.3 is 5.11 Å². The summed E-state index contributed by atoms with van der Waals surface area (Å²) in [6.45, 7) is 0. The lowest BCUT2D eigenvalue weighted by atomic mass is 9.69. The summed E-state index contributed by atoms with van der Waals surface area (Å²) in [5, 5.41) is 9.69. The summed E-state index contributed by atoms with van der Waals surface area (Å²) in [6.07, 6.45) is -5.42. The van der Waals surface area contributed by atoms with Gasteiger partial charge in [0.2, 0.25) is 0 Å². The van der Waals surface area contributed by atoms with Crippen LogP contribution in [-0.2, 0) is 0 Å². The molecular weight excluding hydrogens is 473 g/mol. The molecule has 154 valence electrons. The molecule has 13 heteroatoms. The zero-order valence-corrected chi connectivity index (χ0v) is 14.2. The van der Waals surface area contributed by atoms with Crippen molar-refractivity contribution in [3.63, 3.8) is 0 Å². The van der Waals surface area contributed by atoms with Crippen molar-refractivity contribution in [1.29, 1.82) is 0 Å². The Balaban J connectivity index is 2.64. The molecule has 0 radical (unpaired) electrons. The lowest BCUT2D eigenvalue weighted by Crippen LogP contribution is -2.83. The van der Waals surface area contributed by atoms with Crippen molar-refractivity contribution in [2.75, 3.05) is 0 Å². The molecule has 1 aromatic rings. The van der Waals surface area contributed by atoms with E-state index in [1.54, 1.807) is 0 Å². The largest absolute Gasteiger partial charge is 0.388 e. The average molecular weight is 481 g/mol. The first-order valence-corrected chi connectivity index (χ1v) is 7.69. The smallest absolute Gasteiger partial charge is 0.384 e. The Labute approximate surface area is 152 Å². The predicted octanol–water partition coefficient (Wildman–Crippen LogP) is 5.77. The monoisotopic (exact) mass is 480 g/mol. The summed E-state index contributed by atoms with van der Waals surface area (Å²) in [5.74, 6) is -35.5. The highest BCUT2D eigenvalue weighted by Crippen LogP contribution is 2.70. The molecule has 0 heterocycles. The fourth-order valence-electron chi connectivity index (χ4n) is 2.64. The van der Waals surface area contributed by atoms with Crippen LogP contribution in [-0.4, -0.2) is 40.4 Å². The van der Waals surface area contributed by atoms with Gasteiger partial charge in [-0.05, 0) is 17.7 Å². The molecule has 1 saturated carbocycles. The molecule has 0 saturated heterocycles. The summed E-state index contributed by atoms with van der Waals surface area (Å²) in [5.41, 5.74) is -6.78. The van der Waals surface area contributed by atoms with E-state index in [0.29, 0.717) is 0 Å². The first kappa shape index (κ1) is 22.2. The maximum absolute atomic E-state index is 14.5. The van der Waals surface area contributed by atoms with Crippen molar-refractivity contribution < 1.29 is 53.4 Å². The van der Waals surface area contributed by atoms with Gasteiger partial charge in [0.15, 0.2) is 0 Å². The van der Waals surface area contributed by atoms with Gasteiger partial charge in [-0.25, -0.2) is 4.39 Å². The molecule has 0 aromatic heterocycles. The molecule has 1 N–H and O–H groups in total.